The Balaban J connectivity index is 2.00. The fourth-order valence-electron chi connectivity index (χ4n) is 2.33. The molecule has 0 aliphatic rings. The normalized spacial score (nSPS) is 12.5. The number of oxazole rings is 1. The average molecular weight is 347 g/mol. The predicted molar refractivity (Wildman–Crippen MR) is 85.6 cm³/mol. The van der Waals surface area contributed by atoms with Crippen LogP contribution in [0.3, 0.4) is 0 Å². The van der Waals surface area contributed by atoms with Gasteiger partial charge < -0.3 is 9.52 Å². The number of hydrogen-bond acceptors (Lipinski definition) is 3. The summed E-state index contributed by atoms with van der Waals surface area (Å²) in [6, 6.07) is 11.4. The molecule has 1 aromatic heterocycles. The van der Waals surface area contributed by atoms with Gasteiger partial charge in [-0.25, -0.2) is 4.98 Å². The number of halogens is 3. The van der Waals surface area contributed by atoms with Crippen LogP contribution in [0.2, 0.25) is 0 Å². The fraction of sp³-hybridized carbons (Fsp3) is 0.111. The molecule has 0 saturated carbocycles. The largest absolute Gasteiger partial charge is 0.481 e. The first-order valence-corrected chi connectivity index (χ1v) is 7.28. The lowest BCUT2D eigenvalue weighted by Crippen LogP contribution is -2.04. The molecule has 0 unspecified atom stereocenters. The Kier molecular flexibility index (Phi) is 4.31. The molecule has 3 rings (SSSR count). The van der Waals surface area contributed by atoms with E-state index in [1.54, 1.807) is 24.3 Å². The van der Waals surface area contributed by atoms with Crippen molar-refractivity contribution in [2.24, 2.45) is 0 Å². The molecule has 25 heavy (non-hydrogen) atoms. The summed E-state index contributed by atoms with van der Waals surface area (Å²) in [5.41, 5.74) is 0.990. The number of fused-ring (bicyclic) bond motifs is 1. The van der Waals surface area contributed by atoms with Gasteiger partial charge in [0.05, 0.1) is 12.0 Å². The van der Waals surface area contributed by atoms with Crippen LogP contribution < -0.4 is 0 Å². The predicted octanol–water partition coefficient (Wildman–Crippen LogP) is 4.86. The zero-order chi connectivity index (χ0) is 18.0. The van der Waals surface area contributed by atoms with Gasteiger partial charge in [0.1, 0.15) is 5.52 Å². The van der Waals surface area contributed by atoms with E-state index in [-0.39, 0.29) is 17.9 Å². The van der Waals surface area contributed by atoms with Gasteiger partial charge in [0.2, 0.25) is 5.89 Å². The molecule has 0 fully saturated rings. The summed E-state index contributed by atoms with van der Waals surface area (Å²) in [5.74, 6) is -0.969. The Bertz CT molecular complexity index is 907. The minimum Gasteiger partial charge on any atom is -0.481 e. The lowest BCUT2D eigenvalue weighted by molar-refractivity contribution is -0.138. The summed E-state index contributed by atoms with van der Waals surface area (Å²) in [7, 11) is 0. The highest BCUT2D eigenvalue weighted by molar-refractivity contribution is 5.90. The van der Waals surface area contributed by atoms with Crippen LogP contribution in [-0.4, -0.2) is 16.1 Å². The van der Waals surface area contributed by atoms with E-state index < -0.39 is 17.7 Å². The number of aliphatic carboxylic acids is 1. The van der Waals surface area contributed by atoms with Gasteiger partial charge in [0.25, 0.3) is 0 Å². The number of carbonyl (C=O) groups is 1. The summed E-state index contributed by atoms with van der Waals surface area (Å²) < 4.78 is 43.4. The number of carboxylic acids is 1. The van der Waals surface area contributed by atoms with Crippen molar-refractivity contribution >= 4 is 28.7 Å². The fourth-order valence-corrected chi connectivity index (χ4v) is 2.33. The summed E-state index contributed by atoms with van der Waals surface area (Å²) in [6.07, 6.45) is -3.33. The summed E-state index contributed by atoms with van der Waals surface area (Å²) in [5, 5.41) is 9.09. The zero-order valence-corrected chi connectivity index (χ0v) is 12.7. The third-order valence-corrected chi connectivity index (χ3v) is 3.49. The highest BCUT2D eigenvalue weighted by atomic mass is 19.4. The molecule has 4 nitrogen and oxygen atoms in total. The van der Waals surface area contributed by atoms with E-state index in [9.17, 15) is 18.0 Å². The number of aromatic nitrogens is 1. The first-order chi connectivity index (χ1) is 11.8. The molecule has 0 amide bonds. The number of nitrogens with zero attached hydrogens (tertiary/aromatic N) is 1. The van der Waals surface area contributed by atoms with E-state index in [2.05, 4.69) is 4.98 Å². The molecule has 7 heteroatoms. The van der Waals surface area contributed by atoms with Crippen molar-refractivity contribution in [2.45, 2.75) is 12.6 Å². The Hall–Kier alpha value is -3.09. The van der Waals surface area contributed by atoms with E-state index in [1.807, 2.05) is 0 Å². The van der Waals surface area contributed by atoms with Crippen molar-refractivity contribution in [1.29, 1.82) is 0 Å². The highest BCUT2D eigenvalue weighted by Crippen LogP contribution is 2.30. The van der Waals surface area contributed by atoms with Crippen molar-refractivity contribution in [3.05, 3.63) is 65.5 Å². The number of para-hydroxylation sites is 2. The van der Waals surface area contributed by atoms with E-state index in [4.69, 9.17) is 9.52 Å². The lowest BCUT2D eigenvalue weighted by Gasteiger charge is -2.06. The molecule has 2 aromatic carbocycles. The minimum absolute atomic E-state index is 0.128. The average Bonchev–Trinajstić information content (AvgIpc) is 2.97. The number of alkyl halides is 3. The zero-order valence-electron chi connectivity index (χ0n) is 12.7. The Labute approximate surface area is 140 Å². The van der Waals surface area contributed by atoms with E-state index in [1.165, 1.54) is 18.2 Å². The maximum atomic E-state index is 12.6. The van der Waals surface area contributed by atoms with Gasteiger partial charge in [-0.05, 0) is 35.9 Å². The Morgan fingerprint density at radius 3 is 2.40 bits per heavy atom. The second-order valence-corrected chi connectivity index (χ2v) is 5.35. The molecule has 0 radical (unpaired) electrons. The number of rotatable bonds is 4. The molecule has 0 bridgehead atoms. The van der Waals surface area contributed by atoms with Crippen LogP contribution in [-0.2, 0) is 11.0 Å². The third kappa shape index (κ3) is 3.88. The molecular weight excluding hydrogens is 335 g/mol. The molecule has 0 atom stereocenters. The number of hydrogen-bond donors (Lipinski definition) is 1. The van der Waals surface area contributed by atoms with E-state index in [0.29, 0.717) is 16.7 Å². The van der Waals surface area contributed by atoms with Crippen LogP contribution in [0.1, 0.15) is 23.4 Å². The molecule has 128 valence electrons. The SMILES string of the molecule is O=C(O)CC(=Cc1ccc(C(F)(F)F)cc1)c1nc2ccccc2o1. The van der Waals surface area contributed by atoms with Crippen molar-refractivity contribution < 1.29 is 27.5 Å². The maximum absolute atomic E-state index is 12.6. The van der Waals surface area contributed by atoms with Gasteiger partial charge in [0, 0.05) is 5.57 Å². The van der Waals surface area contributed by atoms with Crippen LogP contribution >= 0.6 is 0 Å². The third-order valence-electron chi connectivity index (χ3n) is 3.49. The first-order valence-electron chi connectivity index (χ1n) is 7.28. The first kappa shape index (κ1) is 16.8. The van der Waals surface area contributed by atoms with Gasteiger partial charge in [-0.15, -0.1) is 0 Å². The summed E-state index contributed by atoms with van der Waals surface area (Å²) in [6.45, 7) is 0. The maximum Gasteiger partial charge on any atom is 0.416 e. The summed E-state index contributed by atoms with van der Waals surface area (Å²) in [4.78, 5) is 15.4. The van der Waals surface area contributed by atoms with Gasteiger partial charge in [-0.2, -0.15) is 13.2 Å². The lowest BCUT2D eigenvalue weighted by atomic mass is 10.1. The number of carboxylic acid groups (broad SMARTS) is 1. The van der Waals surface area contributed by atoms with Crippen LogP contribution in [0.15, 0.2) is 52.9 Å². The molecule has 3 aromatic rings. The summed E-state index contributed by atoms with van der Waals surface area (Å²) >= 11 is 0. The van der Waals surface area contributed by atoms with Crippen LogP contribution in [0, 0.1) is 0 Å². The molecule has 1 heterocycles. The van der Waals surface area contributed by atoms with E-state index >= 15 is 0 Å². The molecular formula is C18H12F3NO3. The monoisotopic (exact) mass is 347 g/mol. The van der Waals surface area contributed by atoms with Crippen LogP contribution in [0.5, 0.6) is 0 Å². The Morgan fingerprint density at radius 1 is 1.12 bits per heavy atom. The molecule has 0 spiro atoms. The van der Waals surface area contributed by atoms with E-state index in [0.717, 1.165) is 12.1 Å². The van der Waals surface area contributed by atoms with Gasteiger partial charge >= 0.3 is 12.1 Å². The van der Waals surface area contributed by atoms with Crippen LogP contribution in [0.25, 0.3) is 22.7 Å². The molecule has 0 aliphatic heterocycles. The molecule has 0 saturated heterocycles. The van der Waals surface area contributed by atoms with Crippen LogP contribution in [0.4, 0.5) is 13.2 Å². The number of benzene rings is 2. The van der Waals surface area contributed by atoms with Crippen molar-refractivity contribution in [3.63, 3.8) is 0 Å². The Morgan fingerprint density at radius 2 is 1.80 bits per heavy atom. The quantitative estimate of drug-likeness (QED) is 0.732. The second kappa shape index (κ2) is 6.43. The van der Waals surface area contributed by atoms with Gasteiger partial charge in [-0.3, -0.25) is 4.79 Å². The van der Waals surface area contributed by atoms with Crippen molar-refractivity contribution in [1.82, 2.24) is 4.98 Å². The minimum atomic E-state index is -4.42. The standard InChI is InChI=1S/C18H12F3NO3/c19-18(20,21)13-7-5-11(6-8-13)9-12(10-16(23)24)17-22-14-3-1-2-4-15(14)25-17/h1-9H,10H2,(H,23,24). The molecule has 1 N–H and O–H groups in total. The second-order valence-electron chi connectivity index (χ2n) is 5.35. The van der Waals surface area contributed by atoms with Gasteiger partial charge in [-0.1, -0.05) is 24.3 Å². The molecule has 0 aliphatic carbocycles. The highest BCUT2D eigenvalue weighted by Gasteiger charge is 2.29. The van der Waals surface area contributed by atoms with Crippen molar-refractivity contribution in [2.75, 3.05) is 0 Å². The van der Waals surface area contributed by atoms with Crippen molar-refractivity contribution in [3.8, 4) is 0 Å². The topological polar surface area (TPSA) is 63.3 Å². The van der Waals surface area contributed by atoms with Gasteiger partial charge in [0.15, 0.2) is 5.58 Å². The smallest absolute Gasteiger partial charge is 0.416 e.